The number of anilines is 1. The molecule has 0 saturated heterocycles. The van der Waals surface area contributed by atoms with Crippen molar-refractivity contribution in [3.8, 4) is 11.5 Å². The van der Waals surface area contributed by atoms with Crippen LogP contribution in [0.5, 0.6) is 0 Å². The molecule has 0 unspecified atom stereocenters. The monoisotopic (exact) mass is 245 g/mol. The standard InChI is InChI=1S/C13H15N3O2/c1-13(2,3)12(17)15-10-6-4-5-9(7-10)11-16-14-8-18-11/h4-8H,1-3H3,(H,15,17). The molecule has 18 heavy (non-hydrogen) atoms. The van der Waals surface area contributed by atoms with Gasteiger partial charge in [-0.15, -0.1) is 10.2 Å². The minimum absolute atomic E-state index is 0.0369. The van der Waals surface area contributed by atoms with E-state index in [-0.39, 0.29) is 5.91 Å². The van der Waals surface area contributed by atoms with Gasteiger partial charge in [0.25, 0.3) is 0 Å². The summed E-state index contributed by atoms with van der Waals surface area (Å²) in [7, 11) is 0. The molecule has 1 aromatic heterocycles. The molecule has 0 saturated carbocycles. The van der Waals surface area contributed by atoms with Gasteiger partial charge < -0.3 is 9.73 Å². The summed E-state index contributed by atoms with van der Waals surface area (Å²) < 4.78 is 5.11. The molecule has 0 bridgehead atoms. The van der Waals surface area contributed by atoms with Crippen molar-refractivity contribution < 1.29 is 9.21 Å². The molecule has 0 aliphatic heterocycles. The zero-order chi connectivity index (χ0) is 13.2. The lowest BCUT2D eigenvalue weighted by Crippen LogP contribution is -2.27. The van der Waals surface area contributed by atoms with E-state index < -0.39 is 5.41 Å². The van der Waals surface area contributed by atoms with Crippen molar-refractivity contribution in [2.45, 2.75) is 20.8 Å². The highest BCUT2D eigenvalue weighted by Crippen LogP contribution is 2.22. The van der Waals surface area contributed by atoms with Crippen molar-refractivity contribution in [3.05, 3.63) is 30.7 Å². The number of aromatic nitrogens is 2. The van der Waals surface area contributed by atoms with Crippen LogP contribution in [0.15, 0.2) is 35.1 Å². The fourth-order valence-electron chi connectivity index (χ4n) is 1.35. The van der Waals surface area contributed by atoms with Crippen LogP contribution in [0.25, 0.3) is 11.5 Å². The van der Waals surface area contributed by atoms with E-state index in [1.54, 1.807) is 6.07 Å². The normalized spacial score (nSPS) is 11.3. The molecule has 0 fully saturated rings. The molecule has 1 N–H and O–H groups in total. The number of hydrogen-bond donors (Lipinski definition) is 1. The Hall–Kier alpha value is -2.17. The molecule has 0 aliphatic carbocycles. The summed E-state index contributed by atoms with van der Waals surface area (Å²) in [5.41, 5.74) is 1.06. The van der Waals surface area contributed by atoms with Crippen LogP contribution in [0, 0.1) is 5.41 Å². The van der Waals surface area contributed by atoms with Crippen molar-refractivity contribution in [2.75, 3.05) is 5.32 Å². The van der Waals surface area contributed by atoms with Gasteiger partial charge in [-0.2, -0.15) is 0 Å². The summed E-state index contributed by atoms with van der Waals surface area (Å²) in [6, 6.07) is 7.30. The predicted octanol–water partition coefficient (Wildman–Crippen LogP) is 2.72. The summed E-state index contributed by atoms with van der Waals surface area (Å²) >= 11 is 0. The highest BCUT2D eigenvalue weighted by molar-refractivity contribution is 5.94. The predicted molar refractivity (Wildman–Crippen MR) is 67.8 cm³/mol. The van der Waals surface area contributed by atoms with E-state index in [0.717, 1.165) is 5.56 Å². The maximum absolute atomic E-state index is 11.9. The Balaban J connectivity index is 2.21. The van der Waals surface area contributed by atoms with Crippen LogP contribution in [0.2, 0.25) is 0 Å². The van der Waals surface area contributed by atoms with E-state index >= 15 is 0 Å². The molecule has 5 heteroatoms. The fourth-order valence-corrected chi connectivity index (χ4v) is 1.35. The first-order valence-electron chi connectivity index (χ1n) is 5.65. The Bertz CT molecular complexity index is 542. The third-order valence-electron chi connectivity index (χ3n) is 2.41. The summed E-state index contributed by atoms with van der Waals surface area (Å²) in [5.74, 6) is 0.395. The topological polar surface area (TPSA) is 68.0 Å². The molecule has 5 nitrogen and oxygen atoms in total. The van der Waals surface area contributed by atoms with Crippen molar-refractivity contribution in [1.82, 2.24) is 10.2 Å². The third-order valence-corrected chi connectivity index (χ3v) is 2.41. The van der Waals surface area contributed by atoms with Crippen molar-refractivity contribution in [3.63, 3.8) is 0 Å². The number of hydrogen-bond acceptors (Lipinski definition) is 4. The van der Waals surface area contributed by atoms with E-state index in [4.69, 9.17) is 4.42 Å². The molecule has 1 amide bonds. The zero-order valence-electron chi connectivity index (χ0n) is 10.6. The van der Waals surface area contributed by atoms with Gasteiger partial charge in [-0.3, -0.25) is 4.79 Å². The van der Waals surface area contributed by atoms with Crippen LogP contribution in [0.3, 0.4) is 0 Å². The van der Waals surface area contributed by atoms with Crippen LogP contribution < -0.4 is 5.32 Å². The largest absolute Gasteiger partial charge is 0.423 e. The second-order valence-corrected chi connectivity index (χ2v) is 5.03. The van der Waals surface area contributed by atoms with Crippen LogP contribution in [0.4, 0.5) is 5.69 Å². The van der Waals surface area contributed by atoms with Crippen LogP contribution in [-0.4, -0.2) is 16.1 Å². The lowest BCUT2D eigenvalue weighted by atomic mass is 9.95. The molecule has 0 spiro atoms. The lowest BCUT2D eigenvalue weighted by Gasteiger charge is -2.17. The Morgan fingerprint density at radius 2 is 2.11 bits per heavy atom. The molecule has 2 rings (SSSR count). The van der Waals surface area contributed by atoms with Gasteiger partial charge >= 0.3 is 0 Å². The molecular weight excluding hydrogens is 230 g/mol. The lowest BCUT2D eigenvalue weighted by molar-refractivity contribution is -0.123. The molecular formula is C13H15N3O2. The van der Waals surface area contributed by atoms with Gasteiger partial charge in [0, 0.05) is 16.7 Å². The fraction of sp³-hybridized carbons (Fsp3) is 0.308. The Kier molecular flexibility index (Phi) is 3.14. The first-order valence-corrected chi connectivity index (χ1v) is 5.65. The minimum Gasteiger partial charge on any atom is -0.423 e. The van der Waals surface area contributed by atoms with Gasteiger partial charge in [-0.05, 0) is 18.2 Å². The Morgan fingerprint density at radius 3 is 2.72 bits per heavy atom. The molecule has 94 valence electrons. The average Bonchev–Trinajstić information content (AvgIpc) is 2.81. The summed E-state index contributed by atoms with van der Waals surface area (Å²) in [4.78, 5) is 11.9. The Labute approximate surface area is 105 Å². The highest BCUT2D eigenvalue weighted by atomic mass is 16.4. The maximum Gasteiger partial charge on any atom is 0.247 e. The smallest absolute Gasteiger partial charge is 0.247 e. The SMILES string of the molecule is CC(C)(C)C(=O)Nc1cccc(-c2nnco2)c1. The quantitative estimate of drug-likeness (QED) is 0.883. The van der Waals surface area contributed by atoms with Gasteiger partial charge in [0.1, 0.15) is 0 Å². The summed E-state index contributed by atoms with van der Waals surface area (Å²) in [6.45, 7) is 5.60. The second kappa shape index (κ2) is 4.60. The second-order valence-electron chi connectivity index (χ2n) is 5.03. The maximum atomic E-state index is 11.9. The molecule has 0 atom stereocenters. The minimum atomic E-state index is -0.430. The molecule has 1 heterocycles. The third kappa shape index (κ3) is 2.74. The molecule has 0 radical (unpaired) electrons. The summed E-state index contributed by atoms with van der Waals surface area (Å²) in [6.07, 6.45) is 1.27. The first kappa shape index (κ1) is 12.3. The van der Waals surface area contributed by atoms with Crippen LogP contribution in [-0.2, 0) is 4.79 Å². The number of nitrogens with zero attached hydrogens (tertiary/aromatic N) is 2. The van der Waals surface area contributed by atoms with Crippen LogP contribution in [0.1, 0.15) is 20.8 Å². The van der Waals surface area contributed by atoms with E-state index in [2.05, 4.69) is 15.5 Å². The van der Waals surface area contributed by atoms with Gasteiger partial charge in [-0.1, -0.05) is 26.8 Å². The van der Waals surface area contributed by atoms with Gasteiger partial charge in [0.15, 0.2) is 0 Å². The van der Waals surface area contributed by atoms with Gasteiger partial charge in [-0.25, -0.2) is 0 Å². The zero-order valence-corrected chi connectivity index (χ0v) is 10.6. The first-order chi connectivity index (χ1) is 8.47. The number of rotatable bonds is 2. The number of benzene rings is 1. The molecule has 0 aliphatic rings. The molecule has 1 aromatic carbocycles. The number of nitrogens with one attached hydrogen (secondary N) is 1. The average molecular weight is 245 g/mol. The van der Waals surface area contributed by atoms with Crippen molar-refractivity contribution in [1.29, 1.82) is 0 Å². The Morgan fingerprint density at radius 1 is 1.33 bits per heavy atom. The highest BCUT2D eigenvalue weighted by Gasteiger charge is 2.21. The summed E-state index contributed by atoms with van der Waals surface area (Å²) in [5, 5.41) is 10.3. The van der Waals surface area contributed by atoms with Gasteiger partial charge in [0.05, 0.1) is 0 Å². The number of carbonyl (C=O) groups excluding carboxylic acids is 1. The van der Waals surface area contributed by atoms with E-state index in [1.165, 1.54) is 6.39 Å². The number of amides is 1. The van der Waals surface area contributed by atoms with E-state index in [0.29, 0.717) is 11.6 Å². The van der Waals surface area contributed by atoms with Crippen molar-refractivity contribution in [2.24, 2.45) is 5.41 Å². The van der Waals surface area contributed by atoms with Crippen LogP contribution >= 0.6 is 0 Å². The molecule has 2 aromatic rings. The van der Waals surface area contributed by atoms with E-state index in [9.17, 15) is 4.79 Å². The number of carbonyl (C=O) groups is 1. The van der Waals surface area contributed by atoms with Crippen molar-refractivity contribution >= 4 is 11.6 Å². The van der Waals surface area contributed by atoms with E-state index in [1.807, 2.05) is 39.0 Å². The van der Waals surface area contributed by atoms with Gasteiger partial charge in [0.2, 0.25) is 18.2 Å².